The van der Waals surface area contributed by atoms with Crippen LogP contribution in [0.4, 0.5) is 0 Å². The van der Waals surface area contributed by atoms with Crippen LogP contribution in [0.15, 0.2) is 17.6 Å². The third-order valence-corrected chi connectivity index (χ3v) is 5.79. The molecule has 3 rings (SSSR count). The Kier molecular flexibility index (Phi) is 5.96. The Morgan fingerprint density at radius 3 is 2.87 bits per heavy atom. The van der Waals surface area contributed by atoms with Crippen molar-refractivity contribution in [2.24, 2.45) is 18.9 Å². The van der Waals surface area contributed by atoms with Crippen LogP contribution in [-0.4, -0.2) is 53.7 Å². The van der Waals surface area contributed by atoms with Crippen molar-refractivity contribution in [2.45, 2.75) is 30.5 Å². The molecule has 2 aliphatic rings. The molecule has 1 aromatic rings. The maximum absolute atomic E-state index is 12.3. The second-order valence-corrected chi connectivity index (χ2v) is 7.20. The van der Waals surface area contributed by atoms with Crippen LogP contribution < -0.4 is 5.32 Å². The van der Waals surface area contributed by atoms with E-state index in [2.05, 4.69) is 10.3 Å². The van der Waals surface area contributed by atoms with Gasteiger partial charge in [0.1, 0.15) is 0 Å². The fourth-order valence-electron chi connectivity index (χ4n) is 3.42. The zero-order valence-corrected chi connectivity index (χ0v) is 14.4. The minimum absolute atomic E-state index is 0.0851. The first-order valence-electron chi connectivity index (χ1n) is 8.29. The summed E-state index contributed by atoms with van der Waals surface area (Å²) >= 11 is 1.48. The molecule has 7 heteroatoms. The van der Waals surface area contributed by atoms with Gasteiger partial charge in [-0.2, -0.15) is 0 Å². The van der Waals surface area contributed by atoms with Crippen LogP contribution in [0.3, 0.4) is 0 Å². The number of nitrogens with one attached hydrogen (secondary N) is 1. The fourth-order valence-corrected chi connectivity index (χ4v) is 4.16. The van der Waals surface area contributed by atoms with Crippen LogP contribution in [0, 0.1) is 11.8 Å². The monoisotopic (exact) mass is 339 g/mol. The second kappa shape index (κ2) is 8.17. The van der Waals surface area contributed by atoms with Gasteiger partial charge in [0.05, 0.1) is 12.4 Å². The van der Waals surface area contributed by atoms with Gasteiger partial charge in [-0.3, -0.25) is 4.79 Å². The van der Waals surface area contributed by atoms with Gasteiger partial charge in [0.15, 0.2) is 5.16 Å². The summed E-state index contributed by atoms with van der Waals surface area (Å²) in [6, 6.07) is 0.223. The van der Waals surface area contributed by atoms with Crippen molar-refractivity contribution in [1.82, 2.24) is 14.9 Å². The zero-order valence-electron chi connectivity index (χ0n) is 13.6. The van der Waals surface area contributed by atoms with Crippen molar-refractivity contribution in [2.75, 3.05) is 32.2 Å². The van der Waals surface area contributed by atoms with Crippen LogP contribution in [0.2, 0.25) is 0 Å². The third-order valence-electron chi connectivity index (χ3n) is 4.73. The van der Waals surface area contributed by atoms with Gasteiger partial charge in [0, 0.05) is 51.2 Å². The highest BCUT2D eigenvalue weighted by atomic mass is 32.2. The number of carbonyl (C=O) groups is 1. The van der Waals surface area contributed by atoms with E-state index in [0.29, 0.717) is 17.6 Å². The molecule has 6 nitrogen and oxygen atoms in total. The Hall–Kier alpha value is -1.05. The van der Waals surface area contributed by atoms with Crippen LogP contribution in [-0.2, 0) is 21.3 Å². The summed E-state index contributed by atoms with van der Waals surface area (Å²) in [5, 5.41) is 4.10. The molecule has 3 heterocycles. The molecule has 0 radical (unpaired) electrons. The summed E-state index contributed by atoms with van der Waals surface area (Å²) in [5.74, 6) is 1.50. The highest BCUT2D eigenvalue weighted by Gasteiger charge is 2.34. The normalized spacial score (nSPS) is 26.1. The topological polar surface area (TPSA) is 65.4 Å². The van der Waals surface area contributed by atoms with E-state index in [0.717, 1.165) is 50.8 Å². The zero-order chi connectivity index (χ0) is 16.1. The van der Waals surface area contributed by atoms with Crippen LogP contribution in [0.1, 0.15) is 19.3 Å². The molecule has 2 aliphatic heterocycles. The number of ether oxygens (including phenoxy) is 2. The summed E-state index contributed by atoms with van der Waals surface area (Å²) in [4.78, 5) is 16.5. The van der Waals surface area contributed by atoms with Gasteiger partial charge < -0.3 is 19.4 Å². The van der Waals surface area contributed by atoms with Crippen LogP contribution >= 0.6 is 11.8 Å². The quantitative estimate of drug-likeness (QED) is 0.823. The Bertz CT molecular complexity index is 516. The number of aromatic nitrogens is 2. The predicted molar refractivity (Wildman–Crippen MR) is 88.3 cm³/mol. The van der Waals surface area contributed by atoms with Crippen molar-refractivity contribution >= 4 is 17.7 Å². The first kappa shape index (κ1) is 16.8. The minimum atomic E-state index is 0.0851. The van der Waals surface area contributed by atoms with E-state index in [9.17, 15) is 4.79 Å². The first-order chi connectivity index (χ1) is 11.2. The Balaban J connectivity index is 1.51. The Morgan fingerprint density at radius 2 is 2.13 bits per heavy atom. The lowest BCUT2D eigenvalue weighted by atomic mass is 9.79. The SMILES string of the molecule is Cn1ccnc1SCC(=O)N[C@@H]1CCOC[C@@H]1C1CCOCC1. The van der Waals surface area contributed by atoms with Gasteiger partial charge in [-0.15, -0.1) is 0 Å². The first-order valence-corrected chi connectivity index (χ1v) is 9.27. The summed E-state index contributed by atoms with van der Waals surface area (Å²) in [6.07, 6.45) is 6.69. The number of nitrogens with zero attached hydrogens (tertiary/aromatic N) is 2. The van der Waals surface area contributed by atoms with E-state index in [4.69, 9.17) is 9.47 Å². The van der Waals surface area contributed by atoms with Crippen molar-refractivity contribution in [3.8, 4) is 0 Å². The number of amides is 1. The molecule has 2 fully saturated rings. The minimum Gasteiger partial charge on any atom is -0.381 e. The molecule has 2 atom stereocenters. The van der Waals surface area contributed by atoms with E-state index in [1.807, 2.05) is 17.8 Å². The summed E-state index contributed by atoms with van der Waals surface area (Å²) in [6.45, 7) is 3.15. The third kappa shape index (κ3) is 4.49. The number of imidazole rings is 1. The lowest BCUT2D eigenvalue weighted by Gasteiger charge is -2.39. The highest BCUT2D eigenvalue weighted by molar-refractivity contribution is 7.99. The van der Waals surface area contributed by atoms with E-state index < -0.39 is 0 Å². The van der Waals surface area contributed by atoms with Crippen molar-refractivity contribution in [3.05, 3.63) is 12.4 Å². The molecular weight excluding hydrogens is 314 g/mol. The molecular formula is C16H25N3O3S. The predicted octanol–water partition coefficient (Wildman–Crippen LogP) is 1.46. The molecule has 2 saturated heterocycles. The van der Waals surface area contributed by atoms with Crippen molar-refractivity contribution in [3.63, 3.8) is 0 Å². The van der Waals surface area contributed by atoms with Gasteiger partial charge in [-0.05, 0) is 25.2 Å². The molecule has 0 saturated carbocycles. The van der Waals surface area contributed by atoms with Crippen LogP contribution in [0.5, 0.6) is 0 Å². The molecule has 0 bridgehead atoms. The molecule has 1 aromatic heterocycles. The molecule has 0 spiro atoms. The van der Waals surface area contributed by atoms with Crippen molar-refractivity contribution in [1.29, 1.82) is 0 Å². The highest BCUT2D eigenvalue weighted by Crippen LogP contribution is 2.30. The lowest BCUT2D eigenvalue weighted by molar-refractivity contribution is -0.121. The van der Waals surface area contributed by atoms with E-state index in [1.54, 1.807) is 6.20 Å². The average molecular weight is 339 g/mol. The largest absolute Gasteiger partial charge is 0.381 e. The Morgan fingerprint density at radius 1 is 1.35 bits per heavy atom. The van der Waals surface area contributed by atoms with E-state index >= 15 is 0 Å². The van der Waals surface area contributed by atoms with Crippen LogP contribution in [0.25, 0.3) is 0 Å². The lowest BCUT2D eigenvalue weighted by Crippen LogP contribution is -2.49. The average Bonchev–Trinajstić information content (AvgIpc) is 2.99. The van der Waals surface area contributed by atoms with E-state index in [1.165, 1.54) is 11.8 Å². The maximum atomic E-state index is 12.3. The molecule has 1 amide bonds. The summed E-state index contributed by atoms with van der Waals surface area (Å²) < 4.78 is 13.1. The Labute approximate surface area is 141 Å². The number of rotatable bonds is 5. The molecule has 0 aromatic carbocycles. The molecule has 0 aliphatic carbocycles. The number of hydrogen-bond acceptors (Lipinski definition) is 5. The van der Waals surface area contributed by atoms with Gasteiger partial charge in [0.2, 0.25) is 5.91 Å². The molecule has 1 N–H and O–H groups in total. The summed E-state index contributed by atoms with van der Waals surface area (Å²) in [7, 11) is 1.94. The van der Waals surface area contributed by atoms with E-state index in [-0.39, 0.29) is 11.9 Å². The fraction of sp³-hybridized carbons (Fsp3) is 0.750. The number of aryl methyl sites for hydroxylation is 1. The van der Waals surface area contributed by atoms with Gasteiger partial charge >= 0.3 is 0 Å². The molecule has 0 unspecified atom stereocenters. The second-order valence-electron chi connectivity index (χ2n) is 6.26. The van der Waals surface area contributed by atoms with Gasteiger partial charge in [0.25, 0.3) is 0 Å². The van der Waals surface area contributed by atoms with Crippen molar-refractivity contribution < 1.29 is 14.3 Å². The number of hydrogen-bond donors (Lipinski definition) is 1. The summed E-state index contributed by atoms with van der Waals surface area (Å²) in [5.41, 5.74) is 0. The number of thioether (sulfide) groups is 1. The van der Waals surface area contributed by atoms with Gasteiger partial charge in [-0.25, -0.2) is 4.98 Å². The van der Waals surface area contributed by atoms with Gasteiger partial charge in [-0.1, -0.05) is 11.8 Å². The molecule has 128 valence electrons. The number of carbonyl (C=O) groups excluding carboxylic acids is 1. The smallest absolute Gasteiger partial charge is 0.230 e. The maximum Gasteiger partial charge on any atom is 0.230 e. The standard InChI is InChI=1S/C16H25N3O3S/c1-19-6-5-17-16(19)23-11-15(20)18-14-4-9-22-10-13(14)12-2-7-21-8-3-12/h5-6,12-14H,2-4,7-11H2,1H3,(H,18,20)/t13-,14-/m1/s1. The molecule has 23 heavy (non-hydrogen) atoms.